The van der Waals surface area contributed by atoms with Gasteiger partial charge in [-0.1, -0.05) is 94.1 Å². The van der Waals surface area contributed by atoms with Crippen molar-refractivity contribution in [1.29, 1.82) is 0 Å². The van der Waals surface area contributed by atoms with Crippen molar-refractivity contribution in [2.45, 2.75) is 58.8 Å². The van der Waals surface area contributed by atoms with Crippen molar-refractivity contribution in [2.75, 3.05) is 0 Å². The molecule has 0 spiro atoms. The highest BCUT2D eigenvalue weighted by Gasteiger charge is 2.04. The molecule has 0 saturated carbocycles. The third-order valence-electron chi connectivity index (χ3n) is 6.00. The van der Waals surface area contributed by atoms with E-state index in [4.69, 9.17) is 0 Å². The van der Waals surface area contributed by atoms with Crippen molar-refractivity contribution in [3.8, 4) is 11.1 Å². The third kappa shape index (κ3) is 4.70. The van der Waals surface area contributed by atoms with E-state index >= 15 is 0 Å². The number of hydrogen-bond donors (Lipinski definition) is 0. The molecule has 0 aliphatic rings. The zero-order valence-corrected chi connectivity index (χ0v) is 17.9. The van der Waals surface area contributed by atoms with Crippen LogP contribution in [-0.2, 0) is 12.8 Å². The predicted molar refractivity (Wildman–Crippen MR) is 129 cm³/mol. The Labute approximate surface area is 175 Å². The van der Waals surface area contributed by atoms with E-state index in [-0.39, 0.29) is 0 Å². The predicted octanol–water partition coefficient (Wildman–Crippen LogP) is 8.74. The van der Waals surface area contributed by atoms with Crippen LogP contribution in [-0.4, -0.2) is 0 Å². The van der Waals surface area contributed by atoms with Gasteiger partial charge in [0.15, 0.2) is 0 Å². The second kappa shape index (κ2) is 9.27. The van der Waals surface area contributed by atoms with Gasteiger partial charge in [0.1, 0.15) is 0 Å². The Bertz CT molecular complexity index is 1090. The van der Waals surface area contributed by atoms with Gasteiger partial charge in [0.2, 0.25) is 0 Å². The number of benzene rings is 4. The number of hydrogen-bond acceptors (Lipinski definition) is 0. The van der Waals surface area contributed by atoms with Gasteiger partial charge in [-0.05, 0) is 81.3 Å². The summed E-state index contributed by atoms with van der Waals surface area (Å²) in [5, 5.41) is 5.32. The molecule has 148 valence electrons. The molecule has 0 fully saturated rings. The van der Waals surface area contributed by atoms with E-state index in [0.717, 1.165) is 6.42 Å². The molecular weight excluding hydrogens is 348 g/mol. The minimum absolute atomic E-state index is 1.15. The minimum atomic E-state index is 1.15. The van der Waals surface area contributed by atoms with E-state index < -0.39 is 0 Å². The van der Waals surface area contributed by atoms with E-state index in [2.05, 4.69) is 86.6 Å². The zero-order chi connectivity index (χ0) is 20.1. The summed E-state index contributed by atoms with van der Waals surface area (Å²) in [6.45, 7) is 4.51. The van der Waals surface area contributed by atoms with Crippen LogP contribution in [0.25, 0.3) is 32.7 Å². The van der Waals surface area contributed by atoms with Crippen molar-refractivity contribution < 1.29 is 0 Å². The maximum Gasteiger partial charge on any atom is -0.0171 e. The Morgan fingerprint density at radius 2 is 1.10 bits per heavy atom. The molecule has 4 aromatic rings. The van der Waals surface area contributed by atoms with Crippen LogP contribution in [0.15, 0.2) is 72.8 Å². The monoisotopic (exact) mass is 380 g/mol. The van der Waals surface area contributed by atoms with Crippen LogP contribution in [0.4, 0.5) is 0 Å². The Morgan fingerprint density at radius 3 is 1.83 bits per heavy atom. The van der Waals surface area contributed by atoms with Gasteiger partial charge in [0.05, 0.1) is 0 Å². The SMILES string of the molecule is CCCCCCc1ccc(-c2ccc3cc4cc(CCC)ccc4cc3c2)cc1. The molecule has 29 heavy (non-hydrogen) atoms. The lowest BCUT2D eigenvalue weighted by atomic mass is 9.96. The number of aryl methyl sites for hydroxylation is 2. The summed E-state index contributed by atoms with van der Waals surface area (Å²) < 4.78 is 0. The molecule has 0 aliphatic carbocycles. The number of rotatable bonds is 8. The Morgan fingerprint density at radius 1 is 0.448 bits per heavy atom. The third-order valence-corrected chi connectivity index (χ3v) is 6.00. The molecule has 0 unspecified atom stereocenters. The lowest BCUT2D eigenvalue weighted by Crippen LogP contribution is -1.87. The van der Waals surface area contributed by atoms with Crippen molar-refractivity contribution in [1.82, 2.24) is 0 Å². The zero-order valence-electron chi connectivity index (χ0n) is 17.9. The molecular formula is C29H32. The molecule has 0 radical (unpaired) electrons. The topological polar surface area (TPSA) is 0 Å². The smallest absolute Gasteiger partial charge is 0.0171 e. The van der Waals surface area contributed by atoms with Crippen molar-refractivity contribution in [2.24, 2.45) is 0 Å². The molecule has 0 aromatic heterocycles. The first-order valence-electron chi connectivity index (χ1n) is 11.3. The Balaban J connectivity index is 1.58. The summed E-state index contributed by atoms with van der Waals surface area (Å²) in [6, 6.07) is 27.6. The van der Waals surface area contributed by atoms with Gasteiger partial charge in [-0.2, -0.15) is 0 Å². The largest absolute Gasteiger partial charge is 0.0654 e. The van der Waals surface area contributed by atoms with Crippen LogP contribution in [0, 0.1) is 0 Å². The first-order chi connectivity index (χ1) is 14.3. The molecule has 0 amide bonds. The molecule has 0 heterocycles. The van der Waals surface area contributed by atoms with Crippen LogP contribution in [0.3, 0.4) is 0 Å². The van der Waals surface area contributed by atoms with E-state index in [1.165, 1.54) is 82.3 Å². The van der Waals surface area contributed by atoms with E-state index in [1.54, 1.807) is 0 Å². The van der Waals surface area contributed by atoms with Crippen molar-refractivity contribution >= 4 is 21.5 Å². The fourth-order valence-corrected chi connectivity index (χ4v) is 4.29. The molecule has 0 nitrogen and oxygen atoms in total. The average Bonchev–Trinajstić information content (AvgIpc) is 2.75. The van der Waals surface area contributed by atoms with E-state index in [9.17, 15) is 0 Å². The molecule has 4 rings (SSSR count). The van der Waals surface area contributed by atoms with Crippen molar-refractivity contribution in [3.05, 3.63) is 83.9 Å². The van der Waals surface area contributed by atoms with Gasteiger partial charge in [-0.3, -0.25) is 0 Å². The summed E-state index contributed by atoms with van der Waals surface area (Å²) >= 11 is 0. The second-order valence-electron chi connectivity index (χ2n) is 8.35. The standard InChI is InChI=1S/C29H32/c1-3-5-6-7-9-22-10-13-24(14-11-22)25-16-17-27-20-28-18-23(8-4-2)12-15-26(28)21-29(27)19-25/h10-21H,3-9H2,1-2H3. The molecule has 0 heteroatoms. The maximum atomic E-state index is 2.35. The molecule has 0 N–H and O–H groups in total. The second-order valence-corrected chi connectivity index (χ2v) is 8.35. The molecule has 4 aromatic carbocycles. The lowest BCUT2D eigenvalue weighted by Gasteiger charge is -2.09. The van der Waals surface area contributed by atoms with Gasteiger partial charge in [-0.15, -0.1) is 0 Å². The van der Waals surface area contributed by atoms with Gasteiger partial charge >= 0.3 is 0 Å². The van der Waals surface area contributed by atoms with Crippen molar-refractivity contribution in [3.63, 3.8) is 0 Å². The summed E-state index contributed by atoms with van der Waals surface area (Å²) in [6.07, 6.45) is 8.85. The Hall–Kier alpha value is -2.60. The van der Waals surface area contributed by atoms with E-state index in [0.29, 0.717) is 0 Å². The first-order valence-corrected chi connectivity index (χ1v) is 11.3. The lowest BCUT2D eigenvalue weighted by molar-refractivity contribution is 0.667. The molecule has 0 atom stereocenters. The highest BCUT2D eigenvalue weighted by atomic mass is 14.1. The van der Waals surface area contributed by atoms with Crippen LogP contribution in [0.1, 0.15) is 57.1 Å². The number of fused-ring (bicyclic) bond motifs is 2. The fraction of sp³-hybridized carbons (Fsp3) is 0.310. The highest BCUT2D eigenvalue weighted by molar-refractivity contribution is 5.99. The van der Waals surface area contributed by atoms with Crippen LogP contribution in [0.5, 0.6) is 0 Å². The van der Waals surface area contributed by atoms with Gasteiger partial charge < -0.3 is 0 Å². The minimum Gasteiger partial charge on any atom is -0.0654 e. The average molecular weight is 381 g/mol. The molecule has 0 bridgehead atoms. The molecule has 0 saturated heterocycles. The molecule has 0 aliphatic heterocycles. The summed E-state index contributed by atoms with van der Waals surface area (Å²) in [5.41, 5.74) is 5.50. The number of unbranched alkanes of at least 4 members (excludes halogenated alkanes) is 3. The fourth-order valence-electron chi connectivity index (χ4n) is 4.29. The first kappa shape index (κ1) is 19.7. The van der Waals surface area contributed by atoms with Gasteiger partial charge in [0.25, 0.3) is 0 Å². The quantitative estimate of drug-likeness (QED) is 0.212. The van der Waals surface area contributed by atoms with Crippen LogP contribution >= 0.6 is 0 Å². The van der Waals surface area contributed by atoms with Crippen LogP contribution in [0.2, 0.25) is 0 Å². The van der Waals surface area contributed by atoms with Gasteiger partial charge in [0, 0.05) is 0 Å². The normalized spacial score (nSPS) is 11.4. The van der Waals surface area contributed by atoms with Gasteiger partial charge in [-0.25, -0.2) is 0 Å². The highest BCUT2D eigenvalue weighted by Crippen LogP contribution is 2.29. The summed E-state index contributed by atoms with van der Waals surface area (Å²) in [4.78, 5) is 0. The Kier molecular flexibility index (Phi) is 6.30. The summed E-state index contributed by atoms with van der Waals surface area (Å²) in [7, 11) is 0. The van der Waals surface area contributed by atoms with E-state index in [1.807, 2.05) is 0 Å². The van der Waals surface area contributed by atoms with Crippen LogP contribution < -0.4 is 0 Å². The summed E-state index contributed by atoms with van der Waals surface area (Å²) in [5.74, 6) is 0. The maximum absolute atomic E-state index is 2.35.